The van der Waals surface area contributed by atoms with E-state index in [4.69, 9.17) is 0 Å². The van der Waals surface area contributed by atoms with Crippen LogP contribution in [0.4, 0.5) is 0 Å². The SMILES string of the molecule is CC1(C)[C@H]2CC[C@]1(CN=S(=O)=O)C(=O)C2. The fourth-order valence-corrected chi connectivity index (χ4v) is 3.63. The minimum Gasteiger partial charge on any atom is -0.299 e. The van der Waals surface area contributed by atoms with Crippen molar-refractivity contribution in [2.75, 3.05) is 6.54 Å². The molecule has 0 amide bonds. The molecule has 0 aromatic heterocycles. The van der Waals surface area contributed by atoms with Crippen LogP contribution in [0.5, 0.6) is 0 Å². The Kier molecular flexibility index (Phi) is 2.26. The first-order valence-corrected chi connectivity index (χ1v) is 6.23. The Bertz CT molecular complexity index is 430. The fourth-order valence-electron chi connectivity index (χ4n) is 3.30. The maximum Gasteiger partial charge on any atom is 0.311 e. The van der Waals surface area contributed by atoms with Crippen molar-refractivity contribution in [3.05, 3.63) is 0 Å². The number of fused-ring (bicyclic) bond motifs is 2. The lowest BCUT2D eigenvalue weighted by Gasteiger charge is -2.34. The first-order chi connectivity index (χ1) is 6.90. The summed E-state index contributed by atoms with van der Waals surface area (Å²) in [5, 5.41) is 0. The van der Waals surface area contributed by atoms with E-state index in [1.54, 1.807) is 0 Å². The van der Waals surface area contributed by atoms with Crippen LogP contribution >= 0.6 is 0 Å². The Morgan fingerprint density at radius 2 is 2.13 bits per heavy atom. The Morgan fingerprint density at radius 1 is 1.47 bits per heavy atom. The first-order valence-electron chi connectivity index (χ1n) is 5.20. The minimum atomic E-state index is -2.40. The van der Waals surface area contributed by atoms with E-state index in [0.29, 0.717) is 12.3 Å². The van der Waals surface area contributed by atoms with Crippen molar-refractivity contribution >= 4 is 16.3 Å². The molecule has 0 radical (unpaired) electrons. The molecule has 5 heteroatoms. The van der Waals surface area contributed by atoms with Gasteiger partial charge in [0, 0.05) is 6.42 Å². The molecule has 2 rings (SSSR count). The highest BCUT2D eigenvalue weighted by molar-refractivity contribution is 7.61. The van der Waals surface area contributed by atoms with E-state index in [2.05, 4.69) is 18.2 Å². The predicted octanol–water partition coefficient (Wildman–Crippen LogP) is 1.44. The molecule has 0 heterocycles. The summed E-state index contributed by atoms with van der Waals surface area (Å²) >= 11 is 0. The molecule has 0 spiro atoms. The Morgan fingerprint density at radius 3 is 2.53 bits per heavy atom. The van der Waals surface area contributed by atoms with Gasteiger partial charge in [-0.1, -0.05) is 13.8 Å². The van der Waals surface area contributed by atoms with Crippen LogP contribution < -0.4 is 0 Å². The van der Waals surface area contributed by atoms with Gasteiger partial charge >= 0.3 is 10.5 Å². The zero-order valence-electron chi connectivity index (χ0n) is 8.99. The smallest absolute Gasteiger partial charge is 0.299 e. The highest BCUT2D eigenvalue weighted by atomic mass is 32.2. The quantitative estimate of drug-likeness (QED) is 0.719. The van der Waals surface area contributed by atoms with Gasteiger partial charge in [0.2, 0.25) is 0 Å². The van der Waals surface area contributed by atoms with E-state index in [1.165, 1.54) is 0 Å². The van der Waals surface area contributed by atoms with Crippen LogP contribution in [0.2, 0.25) is 0 Å². The number of nitrogens with zero attached hydrogens (tertiary/aromatic N) is 1. The number of hydrogen-bond acceptors (Lipinski definition) is 4. The van der Waals surface area contributed by atoms with Crippen molar-refractivity contribution in [1.82, 2.24) is 0 Å². The molecular formula is C10H15NO3S. The third-order valence-corrected chi connectivity index (χ3v) is 4.92. The first kappa shape index (κ1) is 10.8. The van der Waals surface area contributed by atoms with Crippen LogP contribution in [0, 0.1) is 16.7 Å². The van der Waals surface area contributed by atoms with E-state index < -0.39 is 15.9 Å². The maximum atomic E-state index is 11.9. The highest BCUT2D eigenvalue weighted by Gasteiger charge is 2.64. The summed E-state index contributed by atoms with van der Waals surface area (Å²) in [6.07, 6.45) is 2.43. The van der Waals surface area contributed by atoms with E-state index in [9.17, 15) is 13.2 Å². The largest absolute Gasteiger partial charge is 0.311 e. The molecule has 2 fully saturated rings. The molecule has 2 bridgehead atoms. The Labute approximate surface area is 90.8 Å². The normalized spacial score (nSPS) is 36.9. The van der Waals surface area contributed by atoms with Gasteiger partial charge in [-0.3, -0.25) is 4.79 Å². The summed E-state index contributed by atoms with van der Waals surface area (Å²) in [5.41, 5.74) is -0.593. The Balaban J connectivity index is 2.40. The maximum absolute atomic E-state index is 11.9. The lowest BCUT2D eigenvalue weighted by molar-refractivity contribution is -0.128. The number of ketones is 1. The average Bonchev–Trinajstić information content (AvgIpc) is 2.47. The number of hydrogen-bond donors (Lipinski definition) is 0. The van der Waals surface area contributed by atoms with Gasteiger partial charge in [0.1, 0.15) is 5.78 Å². The molecule has 0 unspecified atom stereocenters. The summed E-state index contributed by atoms with van der Waals surface area (Å²) in [7, 11) is -2.40. The van der Waals surface area contributed by atoms with Crippen molar-refractivity contribution in [3.8, 4) is 0 Å². The summed E-state index contributed by atoms with van der Waals surface area (Å²) in [4.78, 5) is 11.9. The van der Waals surface area contributed by atoms with Gasteiger partial charge in [-0.2, -0.15) is 12.8 Å². The molecule has 2 aliphatic carbocycles. The van der Waals surface area contributed by atoms with E-state index in [0.717, 1.165) is 12.8 Å². The van der Waals surface area contributed by atoms with Crippen LogP contribution in [-0.2, 0) is 15.3 Å². The van der Waals surface area contributed by atoms with Crippen LogP contribution in [0.1, 0.15) is 33.1 Å². The molecule has 0 saturated heterocycles. The zero-order valence-corrected chi connectivity index (χ0v) is 9.80. The molecule has 0 aromatic carbocycles. The second-order valence-electron chi connectivity index (χ2n) is 5.17. The fraction of sp³-hybridized carbons (Fsp3) is 0.900. The molecular weight excluding hydrogens is 214 g/mol. The Hall–Kier alpha value is -0.710. The lowest BCUT2D eigenvalue weighted by atomic mass is 9.69. The minimum absolute atomic E-state index is 0.0903. The molecule has 0 N–H and O–H groups in total. The summed E-state index contributed by atoms with van der Waals surface area (Å²) in [6, 6.07) is 0. The van der Waals surface area contributed by atoms with Crippen LogP contribution in [0.25, 0.3) is 0 Å². The molecule has 2 atom stereocenters. The standard InChI is InChI=1S/C10H15NO3S/c1-9(2)7-3-4-10(9,8(12)5-7)6-11-15(13)14/h7H,3-6H2,1-2H3/t7-,10-/m0/s1. The molecule has 2 aliphatic rings. The highest BCUT2D eigenvalue weighted by Crippen LogP contribution is 2.63. The summed E-state index contributed by atoms with van der Waals surface area (Å²) in [5.74, 6) is 0.623. The van der Waals surface area contributed by atoms with E-state index in [-0.39, 0.29) is 17.7 Å². The summed E-state index contributed by atoms with van der Waals surface area (Å²) in [6.45, 7) is 4.28. The van der Waals surface area contributed by atoms with Crippen molar-refractivity contribution in [1.29, 1.82) is 0 Å². The monoisotopic (exact) mass is 229 g/mol. The lowest BCUT2D eigenvalue weighted by Crippen LogP contribution is -2.38. The van der Waals surface area contributed by atoms with Gasteiger partial charge < -0.3 is 0 Å². The second-order valence-corrected chi connectivity index (χ2v) is 5.86. The number of carbonyl (C=O) groups excluding carboxylic acids is 1. The van der Waals surface area contributed by atoms with Crippen molar-refractivity contribution in [2.45, 2.75) is 33.1 Å². The van der Waals surface area contributed by atoms with Crippen molar-refractivity contribution in [3.63, 3.8) is 0 Å². The topological polar surface area (TPSA) is 63.6 Å². The second kappa shape index (κ2) is 3.14. The predicted molar refractivity (Wildman–Crippen MR) is 54.8 cm³/mol. The zero-order chi connectivity index (χ0) is 11.3. The van der Waals surface area contributed by atoms with Crippen LogP contribution in [0.3, 0.4) is 0 Å². The van der Waals surface area contributed by atoms with Gasteiger partial charge in [0.15, 0.2) is 0 Å². The van der Waals surface area contributed by atoms with Gasteiger partial charge in [0.05, 0.1) is 12.0 Å². The van der Waals surface area contributed by atoms with E-state index >= 15 is 0 Å². The van der Waals surface area contributed by atoms with Gasteiger partial charge in [-0.15, -0.1) is 0 Å². The molecule has 84 valence electrons. The van der Waals surface area contributed by atoms with E-state index in [1.807, 2.05) is 0 Å². The average molecular weight is 229 g/mol. The molecule has 0 aliphatic heterocycles. The molecule has 0 aromatic rings. The third-order valence-electron chi connectivity index (χ3n) is 4.58. The summed E-state index contributed by atoms with van der Waals surface area (Å²) < 4.78 is 24.5. The molecule has 2 saturated carbocycles. The van der Waals surface area contributed by atoms with Crippen molar-refractivity contribution < 1.29 is 13.2 Å². The van der Waals surface area contributed by atoms with Crippen molar-refractivity contribution in [2.24, 2.45) is 21.1 Å². The van der Waals surface area contributed by atoms with Crippen LogP contribution in [-0.4, -0.2) is 20.7 Å². The number of Topliss-reactive ketones (excluding diaryl/α,β-unsaturated/α-hetero) is 1. The van der Waals surface area contributed by atoms with Gasteiger partial charge in [-0.25, -0.2) is 0 Å². The molecule has 4 nitrogen and oxygen atoms in total. The third kappa shape index (κ3) is 1.29. The number of rotatable bonds is 2. The van der Waals surface area contributed by atoms with Gasteiger partial charge in [0.25, 0.3) is 0 Å². The van der Waals surface area contributed by atoms with Crippen LogP contribution in [0.15, 0.2) is 4.36 Å². The molecule has 15 heavy (non-hydrogen) atoms. The van der Waals surface area contributed by atoms with Gasteiger partial charge in [-0.05, 0) is 24.2 Å². The number of carbonyl (C=O) groups is 1.